The number of para-hydroxylation sites is 2. The van der Waals surface area contributed by atoms with Crippen LogP contribution in [0.25, 0.3) is 11.3 Å². The number of aryl methyl sites for hydroxylation is 1. The van der Waals surface area contributed by atoms with Gasteiger partial charge in [0.25, 0.3) is 0 Å². The van der Waals surface area contributed by atoms with Crippen molar-refractivity contribution in [1.82, 2.24) is 10.3 Å². The van der Waals surface area contributed by atoms with Crippen molar-refractivity contribution in [2.45, 2.75) is 25.9 Å². The highest BCUT2D eigenvalue weighted by molar-refractivity contribution is 7.14. The third-order valence-corrected chi connectivity index (χ3v) is 6.16. The van der Waals surface area contributed by atoms with Gasteiger partial charge in [-0.15, -0.1) is 11.3 Å². The number of methoxy groups -OCH3 is 1. The standard InChI is InChI=1S/C24H27N3O3S/c1-17-9-11-18(12-10-17)20-16-31-24(26-20)27(21-7-3-4-8-22(21)29-2)15-23(28)25-14-19-6-5-13-30-19/h3-4,7-12,16,19H,5-6,13-15H2,1-2H3,(H,25,28)/t19-/m1/s1. The highest BCUT2D eigenvalue weighted by atomic mass is 32.1. The first kappa shape index (κ1) is 21.3. The summed E-state index contributed by atoms with van der Waals surface area (Å²) in [5.41, 5.74) is 3.95. The molecule has 7 heteroatoms. The number of hydrogen-bond acceptors (Lipinski definition) is 6. The molecule has 3 aromatic rings. The number of nitrogens with one attached hydrogen (secondary N) is 1. The number of amides is 1. The number of ether oxygens (including phenoxy) is 2. The number of nitrogens with zero attached hydrogens (tertiary/aromatic N) is 2. The fourth-order valence-electron chi connectivity index (χ4n) is 3.59. The van der Waals surface area contributed by atoms with Gasteiger partial charge in [0.2, 0.25) is 5.91 Å². The zero-order valence-corrected chi connectivity index (χ0v) is 18.7. The maximum atomic E-state index is 12.8. The molecule has 1 aromatic heterocycles. The van der Waals surface area contributed by atoms with Gasteiger partial charge in [-0.3, -0.25) is 4.79 Å². The zero-order chi connectivity index (χ0) is 21.6. The number of benzene rings is 2. The predicted octanol–water partition coefficient (Wildman–Crippen LogP) is 4.56. The van der Waals surface area contributed by atoms with Crippen molar-refractivity contribution < 1.29 is 14.3 Å². The van der Waals surface area contributed by atoms with E-state index in [4.69, 9.17) is 14.5 Å². The van der Waals surface area contributed by atoms with Crippen molar-refractivity contribution >= 4 is 28.1 Å². The van der Waals surface area contributed by atoms with Gasteiger partial charge in [0, 0.05) is 24.1 Å². The van der Waals surface area contributed by atoms with Crippen LogP contribution in [0.1, 0.15) is 18.4 Å². The minimum atomic E-state index is -0.0755. The summed E-state index contributed by atoms with van der Waals surface area (Å²) in [7, 11) is 1.63. The maximum absolute atomic E-state index is 12.8. The number of carbonyl (C=O) groups is 1. The molecule has 1 saturated heterocycles. The Morgan fingerprint density at radius 2 is 2.06 bits per heavy atom. The molecule has 1 aliphatic rings. The van der Waals surface area contributed by atoms with E-state index in [1.165, 1.54) is 16.9 Å². The van der Waals surface area contributed by atoms with E-state index in [-0.39, 0.29) is 18.6 Å². The topological polar surface area (TPSA) is 63.7 Å². The van der Waals surface area contributed by atoms with Gasteiger partial charge in [-0.1, -0.05) is 42.0 Å². The molecule has 0 saturated carbocycles. The molecule has 2 heterocycles. The smallest absolute Gasteiger partial charge is 0.240 e. The molecule has 1 N–H and O–H groups in total. The van der Waals surface area contributed by atoms with Gasteiger partial charge in [-0.05, 0) is 31.9 Å². The largest absolute Gasteiger partial charge is 0.495 e. The van der Waals surface area contributed by atoms with Crippen LogP contribution in [0.4, 0.5) is 10.8 Å². The van der Waals surface area contributed by atoms with Crippen LogP contribution in [-0.2, 0) is 9.53 Å². The molecule has 31 heavy (non-hydrogen) atoms. The lowest BCUT2D eigenvalue weighted by atomic mass is 10.1. The molecule has 162 valence electrons. The zero-order valence-electron chi connectivity index (χ0n) is 17.8. The van der Waals surface area contributed by atoms with Crippen molar-refractivity contribution in [2.75, 3.05) is 31.7 Å². The van der Waals surface area contributed by atoms with Gasteiger partial charge in [0.05, 0.1) is 24.6 Å². The van der Waals surface area contributed by atoms with E-state index in [0.29, 0.717) is 12.3 Å². The third-order valence-electron chi connectivity index (χ3n) is 5.30. The van der Waals surface area contributed by atoms with Crippen molar-refractivity contribution in [3.05, 3.63) is 59.5 Å². The van der Waals surface area contributed by atoms with Crippen LogP contribution >= 0.6 is 11.3 Å². The Morgan fingerprint density at radius 1 is 1.26 bits per heavy atom. The molecule has 1 aliphatic heterocycles. The van der Waals surface area contributed by atoms with Crippen molar-refractivity contribution in [3.63, 3.8) is 0 Å². The fourth-order valence-corrected chi connectivity index (χ4v) is 4.43. The average Bonchev–Trinajstić information content (AvgIpc) is 3.49. The molecule has 2 aromatic carbocycles. The lowest BCUT2D eigenvalue weighted by molar-refractivity contribution is -0.120. The molecule has 0 radical (unpaired) electrons. The van der Waals surface area contributed by atoms with Crippen LogP contribution in [0.5, 0.6) is 5.75 Å². The highest BCUT2D eigenvalue weighted by Gasteiger charge is 2.22. The summed E-state index contributed by atoms with van der Waals surface area (Å²) in [6.45, 7) is 3.52. The Morgan fingerprint density at radius 3 is 2.81 bits per heavy atom. The Hall–Kier alpha value is -2.90. The second-order valence-electron chi connectivity index (χ2n) is 7.58. The third kappa shape index (κ3) is 5.24. The summed E-state index contributed by atoms with van der Waals surface area (Å²) in [4.78, 5) is 19.5. The summed E-state index contributed by atoms with van der Waals surface area (Å²) in [6, 6.07) is 16.0. The molecule has 1 atom stereocenters. The second-order valence-corrected chi connectivity index (χ2v) is 8.41. The molecule has 0 unspecified atom stereocenters. The lowest BCUT2D eigenvalue weighted by Gasteiger charge is -2.23. The van der Waals surface area contributed by atoms with Gasteiger partial charge in [-0.25, -0.2) is 4.98 Å². The molecule has 0 bridgehead atoms. The first-order valence-electron chi connectivity index (χ1n) is 10.5. The lowest BCUT2D eigenvalue weighted by Crippen LogP contribution is -2.38. The van der Waals surface area contributed by atoms with Gasteiger partial charge in [0.15, 0.2) is 5.13 Å². The molecule has 0 spiro atoms. The van der Waals surface area contributed by atoms with Crippen molar-refractivity contribution in [3.8, 4) is 17.0 Å². The van der Waals surface area contributed by atoms with Gasteiger partial charge in [-0.2, -0.15) is 0 Å². The maximum Gasteiger partial charge on any atom is 0.240 e. The van der Waals surface area contributed by atoms with Crippen molar-refractivity contribution in [2.24, 2.45) is 0 Å². The van der Waals surface area contributed by atoms with Gasteiger partial charge >= 0.3 is 0 Å². The SMILES string of the molecule is COc1ccccc1N(CC(=O)NC[C@H]1CCCO1)c1nc(-c2ccc(C)cc2)cs1. The van der Waals surface area contributed by atoms with E-state index in [1.54, 1.807) is 7.11 Å². The highest BCUT2D eigenvalue weighted by Crippen LogP contribution is 2.36. The number of carbonyl (C=O) groups excluding carboxylic acids is 1. The second kappa shape index (κ2) is 9.94. The number of rotatable bonds is 8. The molecule has 6 nitrogen and oxygen atoms in total. The van der Waals surface area contributed by atoms with Gasteiger partial charge in [0.1, 0.15) is 12.3 Å². The van der Waals surface area contributed by atoms with E-state index in [2.05, 4.69) is 36.5 Å². The molecule has 1 amide bonds. The normalized spacial score (nSPS) is 15.6. The van der Waals surface area contributed by atoms with E-state index >= 15 is 0 Å². The summed E-state index contributed by atoms with van der Waals surface area (Å²) in [5.74, 6) is 0.620. The summed E-state index contributed by atoms with van der Waals surface area (Å²) < 4.78 is 11.2. The van der Waals surface area contributed by atoms with Crippen LogP contribution in [0.2, 0.25) is 0 Å². The number of hydrogen-bond donors (Lipinski definition) is 1. The van der Waals surface area contributed by atoms with Crippen molar-refractivity contribution in [1.29, 1.82) is 0 Å². The van der Waals surface area contributed by atoms with Crippen LogP contribution < -0.4 is 15.0 Å². The van der Waals surface area contributed by atoms with Crippen LogP contribution in [0.3, 0.4) is 0 Å². The van der Waals surface area contributed by atoms with E-state index < -0.39 is 0 Å². The Kier molecular flexibility index (Phi) is 6.84. The molecule has 4 rings (SSSR count). The molecular weight excluding hydrogens is 410 g/mol. The minimum absolute atomic E-state index is 0.0755. The number of thiazole rings is 1. The Labute approximate surface area is 186 Å². The summed E-state index contributed by atoms with van der Waals surface area (Å²) in [6.07, 6.45) is 2.15. The average molecular weight is 438 g/mol. The fraction of sp³-hybridized carbons (Fsp3) is 0.333. The van der Waals surface area contributed by atoms with Crippen LogP contribution in [0, 0.1) is 6.92 Å². The number of anilines is 2. The Balaban J connectivity index is 1.58. The van der Waals surface area contributed by atoms with Crippen LogP contribution in [-0.4, -0.2) is 43.8 Å². The summed E-state index contributed by atoms with van der Waals surface area (Å²) >= 11 is 1.51. The minimum Gasteiger partial charge on any atom is -0.495 e. The molecule has 0 aliphatic carbocycles. The van der Waals surface area contributed by atoms with E-state index in [0.717, 1.165) is 41.5 Å². The quantitative estimate of drug-likeness (QED) is 0.560. The first-order chi connectivity index (χ1) is 15.1. The molecule has 1 fully saturated rings. The predicted molar refractivity (Wildman–Crippen MR) is 124 cm³/mol. The Bertz CT molecular complexity index is 1010. The first-order valence-corrected chi connectivity index (χ1v) is 11.3. The monoisotopic (exact) mass is 437 g/mol. The number of aromatic nitrogens is 1. The van der Waals surface area contributed by atoms with Crippen LogP contribution in [0.15, 0.2) is 53.9 Å². The summed E-state index contributed by atoms with van der Waals surface area (Å²) in [5, 5.41) is 5.77. The molecular formula is C24H27N3O3S. The van der Waals surface area contributed by atoms with E-state index in [9.17, 15) is 4.79 Å². The van der Waals surface area contributed by atoms with Gasteiger partial charge < -0.3 is 19.7 Å². The van der Waals surface area contributed by atoms with E-state index in [1.807, 2.05) is 34.5 Å².